The quantitative estimate of drug-likeness (QED) is 0.852. The van der Waals surface area contributed by atoms with Gasteiger partial charge in [-0.05, 0) is 31.4 Å². The molecule has 1 unspecified atom stereocenters. The SMILES string of the molecule is CC[C@H](N)C(=O)N(C)C(C)Cc1ccccc1OC. The lowest BCUT2D eigenvalue weighted by atomic mass is 10.0. The average molecular weight is 264 g/mol. The maximum atomic E-state index is 12.0. The van der Waals surface area contributed by atoms with Crippen LogP contribution in [0, 0.1) is 0 Å². The number of nitrogens with zero attached hydrogens (tertiary/aromatic N) is 1. The Hall–Kier alpha value is -1.55. The van der Waals surface area contributed by atoms with Gasteiger partial charge in [0.05, 0.1) is 13.2 Å². The third-order valence-electron chi connectivity index (χ3n) is 3.47. The van der Waals surface area contributed by atoms with E-state index < -0.39 is 6.04 Å². The van der Waals surface area contributed by atoms with E-state index in [1.54, 1.807) is 19.1 Å². The molecule has 2 N–H and O–H groups in total. The van der Waals surface area contributed by atoms with Crippen LogP contribution in [0.5, 0.6) is 5.75 Å². The van der Waals surface area contributed by atoms with Gasteiger partial charge in [-0.2, -0.15) is 0 Å². The van der Waals surface area contributed by atoms with Crippen LogP contribution in [0.15, 0.2) is 24.3 Å². The van der Waals surface area contributed by atoms with Gasteiger partial charge in [-0.3, -0.25) is 4.79 Å². The van der Waals surface area contributed by atoms with Gasteiger partial charge in [-0.1, -0.05) is 25.1 Å². The number of ether oxygens (including phenoxy) is 1. The number of benzene rings is 1. The van der Waals surface area contributed by atoms with E-state index in [4.69, 9.17) is 10.5 Å². The molecular formula is C15H24N2O2. The highest BCUT2D eigenvalue weighted by atomic mass is 16.5. The molecule has 1 aromatic rings. The van der Waals surface area contributed by atoms with Crippen LogP contribution in [-0.4, -0.2) is 37.0 Å². The van der Waals surface area contributed by atoms with Gasteiger partial charge < -0.3 is 15.4 Å². The minimum atomic E-state index is -0.412. The van der Waals surface area contributed by atoms with Gasteiger partial charge in [-0.15, -0.1) is 0 Å². The third kappa shape index (κ3) is 3.96. The van der Waals surface area contributed by atoms with Gasteiger partial charge in [0.25, 0.3) is 0 Å². The van der Waals surface area contributed by atoms with Crippen molar-refractivity contribution in [1.82, 2.24) is 4.90 Å². The first-order valence-electron chi connectivity index (χ1n) is 6.65. The monoisotopic (exact) mass is 264 g/mol. The van der Waals surface area contributed by atoms with E-state index in [2.05, 4.69) is 0 Å². The Morgan fingerprint density at radius 1 is 1.42 bits per heavy atom. The molecule has 4 heteroatoms. The van der Waals surface area contributed by atoms with Crippen LogP contribution in [-0.2, 0) is 11.2 Å². The van der Waals surface area contributed by atoms with Crippen molar-refractivity contribution in [1.29, 1.82) is 0 Å². The molecule has 0 saturated carbocycles. The summed E-state index contributed by atoms with van der Waals surface area (Å²) in [5.41, 5.74) is 6.89. The smallest absolute Gasteiger partial charge is 0.239 e. The summed E-state index contributed by atoms with van der Waals surface area (Å²) in [4.78, 5) is 13.8. The Bertz CT molecular complexity index is 420. The normalized spacial score (nSPS) is 13.7. The highest BCUT2D eigenvalue weighted by Crippen LogP contribution is 2.20. The van der Waals surface area contributed by atoms with Crippen molar-refractivity contribution in [2.24, 2.45) is 5.73 Å². The molecular weight excluding hydrogens is 240 g/mol. The topological polar surface area (TPSA) is 55.6 Å². The second kappa shape index (κ2) is 7.14. The summed E-state index contributed by atoms with van der Waals surface area (Å²) in [6, 6.07) is 7.54. The Morgan fingerprint density at radius 3 is 2.63 bits per heavy atom. The van der Waals surface area contributed by atoms with Crippen LogP contribution in [0.1, 0.15) is 25.8 Å². The molecule has 4 nitrogen and oxygen atoms in total. The number of hydrogen-bond acceptors (Lipinski definition) is 3. The summed E-state index contributed by atoms with van der Waals surface area (Å²) in [6.07, 6.45) is 1.41. The van der Waals surface area contributed by atoms with Gasteiger partial charge in [0.15, 0.2) is 0 Å². The molecule has 0 aromatic heterocycles. The Morgan fingerprint density at radius 2 is 2.05 bits per heavy atom. The van der Waals surface area contributed by atoms with Crippen LogP contribution in [0.3, 0.4) is 0 Å². The first kappa shape index (κ1) is 15.5. The summed E-state index contributed by atoms with van der Waals surface area (Å²) >= 11 is 0. The van der Waals surface area contributed by atoms with Gasteiger partial charge in [0, 0.05) is 13.1 Å². The zero-order valence-corrected chi connectivity index (χ0v) is 12.2. The predicted octanol–water partition coefficient (Wildman–Crippen LogP) is 1.82. The number of para-hydroxylation sites is 1. The zero-order chi connectivity index (χ0) is 14.4. The Balaban J connectivity index is 2.73. The van der Waals surface area contributed by atoms with Crippen LogP contribution >= 0.6 is 0 Å². The fraction of sp³-hybridized carbons (Fsp3) is 0.533. The number of nitrogens with two attached hydrogens (primary N) is 1. The molecule has 19 heavy (non-hydrogen) atoms. The van der Waals surface area contributed by atoms with Crippen molar-refractivity contribution in [3.05, 3.63) is 29.8 Å². The van der Waals surface area contributed by atoms with E-state index in [0.717, 1.165) is 17.7 Å². The summed E-state index contributed by atoms with van der Waals surface area (Å²) in [5, 5.41) is 0. The maximum Gasteiger partial charge on any atom is 0.239 e. The molecule has 106 valence electrons. The molecule has 0 saturated heterocycles. The third-order valence-corrected chi connectivity index (χ3v) is 3.47. The molecule has 0 aliphatic carbocycles. The van der Waals surface area contributed by atoms with E-state index in [9.17, 15) is 4.79 Å². The summed E-state index contributed by atoms with van der Waals surface area (Å²) in [6.45, 7) is 3.94. The van der Waals surface area contributed by atoms with E-state index >= 15 is 0 Å². The molecule has 0 aliphatic rings. The largest absolute Gasteiger partial charge is 0.496 e. The number of carbonyl (C=O) groups is 1. The lowest BCUT2D eigenvalue weighted by Crippen LogP contribution is -2.46. The van der Waals surface area contributed by atoms with Gasteiger partial charge in [0.2, 0.25) is 5.91 Å². The van der Waals surface area contributed by atoms with Crippen molar-refractivity contribution in [3.8, 4) is 5.75 Å². The minimum Gasteiger partial charge on any atom is -0.496 e. The fourth-order valence-corrected chi connectivity index (χ4v) is 1.98. The number of rotatable bonds is 6. The number of amides is 1. The molecule has 0 aliphatic heterocycles. The number of hydrogen-bond donors (Lipinski definition) is 1. The number of likely N-dealkylation sites (N-methyl/N-ethyl adjacent to an activating group) is 1. The first-order chi connectivity index (χ1) is 9.01. The minimum absolute atomic E-state index is 0.00935. The zero-order valence-electron chi connectivity index (χ0n) is 12.2. The van der Waals surface area contributed by atoms with Crippen molar-refractivity contribution < 1.29 is 9.53 Å². The average Bonchev–Trinajstić information content (AvgIpc) is 2.45. The maximum absolute atomic E-state index is 12.0. The Kier molecular flexibility index (Phi) is 5.83. The van der Waals surface area contributed by atoms with Gasteiger partial charge in [-0.25, -0.2) is 0 Å². The molecule has 0 radical (unpaired) electrons. The number of methoxy groups -OCH3 is 1. The molecule has 1 aromatic carbocycles. The first-order valence-corrected chi connectivity index (χ1v) is 6.65. The number of carbonyl (C=O) groups excluding carboxylic acids is 1. The second-order valence-corrected chi connectivity index (χ2v) is 4.83. The second-order valence-electron chi connectivity index (χ2n) is 4.83. The van der Waals surface area contributed by atoms with E-state index in [1.165, 1.54) is 0 Å². The summed E-state index contributed by atoms with van der Waals surface area (Å²) in [7, 11) is 3.46. The van der Waals surface area contributed by atoms with Crippen molar-refractivity contribution in [2.75, 3.05) is 14.2 Å². The predicted molar refractivity (Wildman–Crippen MR) is 77.2 cm³/mol. The van der Waals surface area contributed by atoms with Crippen molar-refractivity contribution >= 4 is 5.91 Å². The molecule has 1 amide bonds. The molecule has 2 atom stereocenters. The van der Waals surface area contributed by atoms with E-state index in [1.807, 2.05) is 38.1 Å². The van der Waals surface area contributed by atoms with Crippen LogP contribution in [0.25, 0.3) is 0 Å². The fourth-order valence-electron chi connectivity index (χ4n) is 1.98. The lowest BCUT2D eigenvalue weighted by Gasteiger charge is -2.27. The van der Waals surface area contributed by atoms with Gasteiger partial charge >= 0.3 is 0 Å². The highest BCUT2D eigenvalue weighted by molar-refractivity contribution is 5.81. The molecule has 1 rings (SSSR count). The molecule has 0 heterocycles. The molecule has 0 bridgehead atoms. The van der Waals surface area contributed by atoms with Crippen molar-refractivity contribution in [3.63, 3.8) is 0 Å². The van der Waals surface area contributed by atoms with Crippen LogP contribution < -0.4 is 10.5 Å². The van der Waals surface area contributed by atoms with E-state index in [-0.39, 0.29) is 11.9 Å². The molecule has 0 fully saturated rings. The Labute approximate surface area is 115 Å². The summed E-state index contributed by atoms with van der Waals surface area (Å²) < 4.78 is 5.33. The van der Waals surface area contributed by atoms with Crippen LogP contribution in [0.2, 0.25) is 0 Å². The van der Waals surface area contributed by atoms with E-state index in [0.29, 0.717) is 6.42 Å². The van der Waals surface area contributed by atoms with Crippen LogP contribution in [0.4, 0.5) is 0 Å². The molecule has 0 spiro atoms. The highest BCUT2D eigenvalue weighted by Gasteiger charge is 2.21. The lowest BCUT2D eigenvalue weighted by molar-refractivity contribution is -0.133. The standard InChI is InChI=1S/C15H24N2O2/c1-5-13(16)15(18)17(3)11(2)10-12-8-6-7-9-14(12)19-4/h6-9,11,13H,5,10,16H2,1-4H3/t11?,13-/m0/s1. The van der Waals surface area contributed by atoms with Crippen molar-refractivity contribution in [2.45, 2.75) is 38.8 Å². The van der Waals surface area contributed by atoms with Gasteiger partial charge in [0.1, 0.15) is 5.75 Å². The summed E-state index contributed by atoms with van der Waals surface area (Å²) in [5.74, 6) is 0.847.